The Morgan fingerprint density at radius 1 is 0.962 bits per heavy atom. The molecule has 0 aliphatic rings. The maximum Gasteiger partial charge on any atom is 0.276 e. The van der Waals surface area contributed by atoms with Gasteiger partial charge in [-0.05, 0) is 31.2 Å². The van der Waals surface area contributed by atoms with Gasteiger partial charge in [0.2, 0.25) is 5.82 Å². The fourth-order valence-electron chi connectivity index (χ4n) is 1.83. The highest BCUT2D eigenvalue weighted by Gasteiger charge is 2.24. The highest BCUT2D eigenvalue weighted by Crippen LogP contribution is 2.21. The molecule has 0 heterocycles. The van der Waals surface area contributed by atoms with E-state index in [1.165, 1.54) is 24.3 Å². The summed E-state index contributed by atoms with van der Waals surface area (Å²) in [6, 6.07) is 5.10. The average Bonchev–Trinajstić information content (AvgIpc) is 2.62. The first kappa shape index (κ1) is 19.6. The smallest absolute Gasteiger partial charge is 0.276 e. The summed E-state index contributed by atoms with van der Waals surface area (Å²) in [5, 5.41) is 3.05. The van der Waals surface area contributed by atoms with E-state index in [4.69, 9.17) is 4.74 Å². The molecule has 0 amide bonds. The van der Waals surface area contributed by atoms with E-state index in [1.807, 2.05) is 0 Å². The quantitative estimate of drug-likeness (QED) is 0.269. The van der Waals surface area contributed by atoms with Crippen molar-refractivity contribution in [3.05, 3.63) is 58.9 Å². The molecule has 2 aromatic carbocycles. The van der Waals surface area contributed by atoms with Gasteiger partial charge in [-0.2, -0.15) is 13.5 Å². The summed E-state index contributed by atoms with van der Waals surface area (Å²) in [5.41, 5.74) is -1.38. The minimum absolute atomic E-state index is 0.183. The monoisotopic (exact) mass is 394 g/mol. The fraction of sp³-hybridized carbons (Fsp3) is 0.133. The van der Waals surface area contributed by atoms with Gasteiger partial charge in [-0.1, -0.05) is 0 Å². The summed E-state index contributed by atoms with van der Waals surface area (Å²) in [6.45, 7) is 2.11. The lowest BCUT2D eigenvalue weighted by Crippen LogP contribution is -2.19. The van der Waals surface area contributed by atoms with Crippen LogP contribution in [0.25, 0.3) is 0 Å². The van der Waals surface area contributed by atoms with Crippen molar-refractivity contribution in [2.24, 2.45) is 5.10 Å². The van der Waals surface area contributed by atoms with Gasteiger partial charge in [0.15, 0.2) is 23.3 Å². The van der Waals surface area contributed by atoms with E-state index >= 15 is 0 Å². The zero-order chi connectivity index (χ0) is 19.5. The van der Waals surface area contributed by atoms with Gasteiger partial charge in [0, 0.05) is 0 Å². The minimum atomic E-state index is -4.23. The van der Waals surface area contributed by atoms with Crippen molar-refractivity contribution in [1.29, 1.82) is 0 Å². The molecular formula is C15H11F5N2O3S. The predicted molar refractivity (Wildman–Crippen MR) is 81.8 cm³/mol. The molecular weight excluding hydrogens is 383 g/mol. The largest absolute Gasteiger partial charge is 0.494 e. The van der Waals surface area contributed by atoms with E-state index in [-0.39, 0.29) is 11.1 Å². The van der Waals surface area contributed by atoms with Crippen molar-refractivity contribution in [1.82, 2.24) is 4.83 Å². The summed E-state index contributed by atoms with van der Waals surface area (Å²) in [4.78, 5) is 1.36. The van der Waals surface area contributed by atoms with Crippen LogP contribution in [0.2, 0.25) is 0 Å². The highest BCUT2D eigenvalue weighted by molar-refractivity contribution is 7.89. The van der Waals surface area contributed by atoms with Crippen LogP contribution in [0.1, 0.15) is 12.5 Å². The van der Waals surface area contributed by atoms with Crippen molar-refractivity contribution < 1.29 is 35.1 Å². The first-order chi connectivity index (χ1) is 12.2. The van der Waals surface area contributed by atoms with Crippen molar-refractivity contribution in [2.75, 3.05) is 6.61 Å². The molecule has 0 bridgehead atoms. The third kappa shape index (κ3) is 3.93. The van der Waals surface area contributed by atoms with Gasteiger partial charge in [0.25, 0.3) is 10.0 Å². The molecule has 0 atom stereocenters. The normalized spacial score (nSPS) is 11.8. The van der Waals surface area contributed by atoms with Crippen LogP contribution >= 0.6 is 0 Å². The standard InChI is InChI=1S/C15H11F5N2O3S/c1-2-25-8-3-5-9(6-4-8)26(23,24)22-21-7-10-11(16)13(18)15(20)14(19)12(10)17/h3-7,22H,2H2,1H3. The van der Waals surface area contributed by atoms with E-state index in [1.54, 1.807) is 11.8 Å². The third-order valence-electron chi connectivity index (χ3n) is 3.06. The number of hydrogen-bond donors (Lipinski definition) is 1. The molecule has 5 nitrogen and oxygen atoms in total. The topological polar surface area (TPSA) is 67.8 Å². The molecule has 0 aliphatic heterocycles. The number of rotatable bonds is 6. The molecule has 0 radical (unpaired) electrons. The van der Waals surface area contributed by atoms with Gasteiger partial charge in [0.1, 0.15) is 5.75 Å². The van der Waals surface area contributed by atoms with Crippen LogP contribution in [-0.4, -0.2) is 21.2 Å². The molecule has 11 heteroatoms. The van der Waals surface area contributed by atoms with Crippen molar-refractivity contribution in [3.8, 4) is 5.75 Å². The molecule has 0 aliphatic carbocycles. The summed E-state index contributed by atoms with van der Waals surface area (Å²) in [7, 11) is -4.23. The van der Waals surface area contributed by atoms with Crippen LogP contribution in [0, 0.1) is 29.1 Å². The zero-order valence-corrected chi connectivity index (χ0v) is 13.9. The Balaban J connectivity index is 2.25. The maximum atomic E-state index is 13.5. The molecule has 2 aromatic rings. The van der Waals surface area contributed by atoms with Gasteiger partial charge < -0.3 is 4.74 Å². The third-order valence-corrected chi connectivity index (χ3v) is 4.29. The van der Waals surface area contributed by atoms with E-state index in [0.717, 1.165) is 0 Å². The van der Waals surface area contributed by atoms with Crippen LogP contribution in [0.15, 0.2) is 34.3 Å². The van der Waals surface area contributed by atoms with Crippen LogP contribution in [0.5, 0.6) is 5.75 Å². The molecule has 1 N–H and O–H groups in total. The molecule has 140 valence electrons. The van der Waals surface area contributed by atoms with Gasteiger partial charge in [-0.3, -0.25) is 0 Å². The Labute approximate surface area is 145 Å². The zero-order valence-electron chi connectivity index (χ0n) is 13.1. The Morgan fingerprint density at radius 3 is 1.96 bits per heavy atom. The van der Waals surface area contributed by atoms with Gasteiger partial charge in [-0.15, -0.1) is 0 Å². The van der Waals surface area contributed by atoms with Crippen LogP contribution in [0.3, 0.4) is 0 Å². The number of nitrogens with zero attached hydrogens (tertiary/aromatic N) is 1. The van der Waals surface area contributed by atoms with Crippen LogP contribution in [-0.2, 0) is 10.0 Å². The average molecular weight is 394 g/mol. The lowest BCUT2D eigenvalue weighted by Gasteiger charge is -2.06. The molecule has 0 fully saturated rings. The lowest BCUT2D eigenvalue weighted by molar-refractivity contribution is 0.340. The van der Waals surface area contributed by atoms with Crippen LogP contribution in [0.4, 0.5) is 22.0 Å². The predicted octanol–water partition coefficient (Wildman–Crippen LogP) is 3.09. The van der Waals surface area contributed by atoms with Gasteiger partial charge in [-0.25, -0.2) is 26.8 Å². The van der Waals surface area contributed by atoms with E-state index in [2.05, 4.69) is 5.10 Å². The van der Waals surface area contributed by atoms with E-state index < -0.39 is 44.7 Å². The number of benzene rings is 2. The van der Waals surface area contributed by atoms with E-state index in [9.17, 15) is 30.4 Å². The second-order valence-electron chi connectivity index (χ2n) is 4.74. The summed E-state index contributed by atoms with van der Waals surface area (Å²) in [6.07, 6.45) is 0.183. The number of hydrazone groups is 1. The Morgan fingerprint density at radius 2 is 1.46 bits per heavy atom. The molecule has 26 heavy (non-hydrogen) atoms. The second kappa shape index (κ2) is 7.68. The maximum absolute atomic E-state index is 13.5. The highest BCUT2D eigenvalue weighted by atomic mass is 32.2. The summed E-state index contributed by atoms with van der Waals surface area (Å²) in [5.74, 6) is -10.5. The molecule has 0 aromatic heterocycles. The summed E-state index contributed by atoms with van der Waals surface area (Å²) >= 11 is 0. The van der Waals surface area contributed by atoms with Crippen molar-refractivity contribution in [3.63, 3.8) is 0 Å². The number of nitrogens with one attached hydrogen (secondary N) is 1. The SMILES string of the molecule is CCOc1ccc(S(=O)(=O)NN=Cc2c(F)c(F)c(F)c(F)c2F)cc1. The van der Waals surface area contributed by atoms with Crippen molar-refractivity contribution >= 4 is 16.2 Å². The number of halogens is 5. The van der Waals surface area contributed by atoms with E-state index in [0.29, 0.717) is 12.4 Å². The summed E-state index contributed by atoms with van der Waals surface area (Å²) < 4.78 is 95.1. The Hall–Kier alpha value is -2.69. The molecule has 0 saturated carbocycles. The Bertz CT molecular complexity index is 918. The van der Waals surface area contributed by atoms with Crippen LogP contribution < -0.4 is 9.57 Å². The van der Waals surface area contributed by atoms with Gasteiger partial charge in [0.05, 0.1) is 23.3 Å². The minimum Gasteiger partial charge on any atom is -0.494 e. The number of sulfonamides is 1. The fourth-order valence-corrected chi connectivity index (χ4v) is 2.62. The second-order valence-corrected chi connectivity index (χ2v) is 6.40. The number of ether oxygens (including phenoxy) is 1. The molecule has 0 unspecified atom stereocenters. The molecule has 0 saturated heterocycles. The van der Waals surface area contributed by atoms with Gasteiger partial charge >= 0.3 is 0 Å². The molecule has 0 spiro atoms. The lowest BCUT2D eigenvalue weighted by atomic mass is 10.2. The molecule has 2 rings (SSSR count). The Kier molecular flexibility index (Phi) is 5.80. The van der Waals surface area contributed by atoms with Crippen molar-refractivity contribution in [2.45, 2.75) is 11.8 Å². The first-order valence-corrected chi connectivity index (χ1v) is 8.46. The number of hydrogen-bond acceptors (Lipinski definition) is 4. The first-order valence-electron chi connectivity index (χ1n) is 6.98.